The topological polar surface area (TPSA) is 39.1 Å². The molecular formula is C16H29N3O. The molecule has 0 aromatic carbocycles. The lowest BCUT2D eigenvalue weighted by Crippen LogP contribution is -2.28. The van der Waals surface area contributed by atoms with Crippen molar-refractivity contribution < 1.29 is 4.74 Å². The van der Waals surface area contributed by atoms with E-state index in [0.29, 0.717) is 6.04 Å². The maximum Gasteiger partial charge on any atom is 0.0625 e. The van der Waals surface area contributed by atoms with Gasteiger partial charge in [0.25, 0.3) is 0 Å². The SMILES string of the molecule is CCCNC(CC1CCOCC1)c1cc(CC)nn1C. The van der Waals surface area contributed by atoms with E-state index in [1.165, 1.54) is 37.1 Å². The van der Waals surface area contributed by atoms with Crippen LogP contribution in [0.1, 0.15) is 57.0 Å². The number of aromatic nitrogens is 2. The Bertz CT molecular complexity index is 396. The molecule has 1 saturated heterocycles. The minimum absolute atomic E-state index is 0.427. The fourth-order valence-corrected chi connectivity index (χ4v) is 2.98. The molecule has 0 radical (unpaired) electrons. The lowest BCUT2D eigenvalue weighted by atomic mass is 9.91. The van der Waals surface area contributed by atoms with Crippen LogP contribution in [-0.2, 0) is 18.2 Å². The summed E-state index contributed by atoms with van der Waals surface area (Å²) in [5.74, 6) is 0.776. The van der Waals surface area contributed by atoms with Crippen LogP contribution in [0.15, 0.2) is 6.07 Å². The first-order valence-corrected chi connectivity index (χ1v) is 8.08. The van der Waals surface area contributed by atoms with Crippen molar-refractivity contribution >= 4 is 0 Å². The minimum atomic E-state index is 0.427. The standard InChI is InChI=1S/C16H29N3O/c1-4-8-17-15(11-13-6-9-20-10-7-13)16-12-14(5-2)18-19(16)3/h12-13,15,17H,4-11H2,1-3H3. The molecule has 4 nitrogen and oxygen atoms in total. The van der Waals surface area contributed by atoms with Crippen molar-refractivity contribution in [2.45, 2.75) is 52.0 Å². The number of hydrogen-bond donors (Lipinski definition) is 1. The lowest BCUT2D eigenvalue weighted by Gasteiger charge is -2.27. The molecule has 114 valence electrons. The van der Waals surface area contributed by atoms with Crippen LogP contribution in [-0.4, -0.2) is 29.5 Å². The predicted octanol–water partition coefficient (Wildman–Crippen LogP) is 2.84. The molecule has 1 aromatic rings. The van der Waals surface area contributed by atoms with E-state index >= 15 is 0 Å². The second kappa shape index (κ2) is 7.79. The van der Waals surface area contributed by atoms with E-state index in [0.717, 1.165) is 32.1 Å². The molecule has 1 aliphatic rings. The molecule has 1 aliphatic heterocycles. The number of nitrogens with one attached hydrogen (secondary N) is 1. The van der Waals surface area contributed by atoms with Crippen LogP contribution < -0.4 is 5.32 Å². The monoisotopic (exact) mass is 279 g/mol. The third-order valence-corrected chi connectivity index (χ3v) is 4.24. The summed E-state index contributed by atoms with van der Waals surface area (Å²) in [7, 11) is 2.07. The Morgan fingerprint density at radius 2 is 2.15 bits per heavy atom. The number of hydrogen-bond acceptors (Lipinski definition) is 3. The number of rotatable bonds is 7. The smallest absolute Gasteiger partial charge is 0.0625 e. The fourth-order valence-electron chi connectivity index (χ4n) is 2.98. The molecule has 2 heterocycles. The van der Waals surface area contributed by atoms with Crippen LogP contribution in [0.3, 0.4) is 0 Å². The van der Waals surface area contributed by atoms with Crippen molar-refractivity contribution in [2.75, 3.05) is 19.8 Å². The Labute approximate surface area is 122 Å². The molecule has 1 N–H and O–H groups in total. The van der Waals surface area contributed by atoms with E-state index in [-0.39, 0.29) is 0 Å². The van der Waals surface area contributed by atoms with Gasteiger partial charge >= 0.3 is 0 Å². The lowest BCUT2D eigenvalue weighted by molar-refractivity contribution is 0.0602. The zero-order valence-corrected chi connectivity index (χ0v) is 13.2. The highest BCUT2D eigenvalue weighted by Crippen LogP contribution is 2.28. The van der Waals surface area contributed by atoms with Gasteiger partial charge in [-0.25, -0.2) is 0 Å². The van der Waals surface area contributed by atoms with Gasteiger partial charge in [0, 0.05) is 26.3 Å². The Balaban J connectivity index is 2.06. The minimum Gasteiger partial charge on any atom is -0.381 e. The van der Waals surface area contributed by atoms with Gasteiger partial charge in [-0.2, -0.15) is 5.10 Å². The average Bonchev–Trinajstić information content (AvgIpc) is 2.86. The zero-order valence-electron chi connectivity index (χ0n) is 13.2. The highest BCUT2D eigenvalue weighted by molar-refractivity contribution is 5.14. The van der Waals surface area contributed by atoms with Crippen LogP contribution in [0.2, 0.25) is 0 Å². The summed E-state index contributed by atoms with van der Waals surface area (Å²) in [6.07, 6.45) is 5.77. The summed E-state index contributed by atoms with van der Waals surface area (Å²) in [5, 5.41) is 8.31. The molecule has 1 aromatic heterocycles. The average molecular weight is 279 g/mol. The van der Waals surface area contributed by atoms with E-state index in [1.807, 2.05) is 0 Å². The fraction of sp³-hybridized carbons (Fsp3) is 0.812. The van der Waals surface area contributed by atoms with Gasteiger partial charge in [-0.15, -0.1) is 0 Å². The normalized spacial score (nSPS) is 18.4. The highest BCUT2D eigenvalue weighted by Gasteiger charge is 2.22. The molecule has 0 aliphatic carbocycles. The second-order valence-electron chi connectivity index (χ2n) is 5.84. The molecule has 0 bridgehead atoms. The molecule has 0 amide bonds. The summed E-state index contributed by atoms with van der Waals surface area (Å²) >= 11 is 0. The summed E-state index contributed by atoms with van der Waals surface area (Å²) in [5.41, 5.74) is 2.53. The predicted molar refractivity (Wildman–Crippen MR) is 81.8 cm³/mol. The first kappa shape index (κ1) is 15.5. The number of aryl methyl sites for hydroxylation is 2. The highest BCUT2D eigenvalue weighted by atomic mass is 16.5. The maximum atomic E-state index is 5.48. The van der Waals surface area contributed by atoms with E-state index < -0.39 is 0 Å². The quantitative estimate of drug-likeness (QED) is 0.834. The molecule has 1 atom stereocenters. The van der Waals surface area contributed by atoms with Crippen molar-refractivity contribution in [1.29, 1.82) is 0 Å². The van der Waals surface area contributed by atoms with Gasteiger partial charge in [0.2, 0.25) is 0 Å². The van der Waals surface area contributed by atoms with Crippen LogP contribution in [0.5, 0.6) is 0 Å². The van der Waals surface area contributed by atoms with Crippen LogP contribution in [0.4, 0.5) is 0 Å². The van der Waals surface area contributed by atoms with Crippen molar-refractivity contribution in [1.82, 2.24) is 15.1 Å². The van der Waals surface area contributed by atoms with Gasteiger partial charge in [-0.3, -0.25) is 4.68 Å². The molecule has 2 rings (SSSR count). The van der Waals surface area contributed by atoms with Crippen LogP contribution in [0.25, 0.3) is 0 Å². The van der Waals surface area contributed by atoms with E-state index in [9.17, 15) is 0 Å². The van der Waals surface area contributed by atoms with E-state index in [2.05, 4.69) is 42.1 Å². The van der Waals surface area contributed by atoms with Gasteiger partial charge in [0.05, 0.1) is 11.4 Å². The molecule has 0 saturated carbocycles. The molecule has 1 fully saturated rings. The summed E-state index contributed by atoms with van der Waals surface area (Å²) in [4.78, 5) is 0. The van der Waals surface area contributed by atoms with Crippen molar-refractivity contribution in [2.24, 2.45) is 13.0 Å². The molecular weight excluding hydrogens is 250 g/mol. The third-order valence-electron chi connectivity index (χ3n) is 4.24. The first-order chi connectivity index (χ1) is 9.74. The Morgan fingerprint density at radius 3 is 2.75 bits per heavy atom. The Morgan fingerprint density at radius 1 is 1.40 bits per heavy atom. The maximum absolute atomic E-state index is 5.48. The Kier molecular flexibility index (Phi) is 6.05. The summed E-state index contributed by atoms with van der Waals surface area (Å²) < 4.78 is 7.54. The summed E-state index contributed by atoms with van der Waals surface area (Å²) in [6.45, 7) is 7.31. The summed E-state index contributed by atoms with van der Waals surface area (Å²) in [6, 6.07) is 2.70. The van der Waals surface area contributed by atoms with Crippen molar-refractivity contribution in [3.8, 4) is 0 Å². The molecule has 1 unspecified atom stereocenters. The van der Waals surface area contributed by atoms with Crippen molar-refractivity contribution in [3.63, 3.8) is 0 Å². The van der Waals surface area contributed by atoms with E-state index in [1.54, 1.807) is 0 Å². The third kappa shape index (κ3) is 4.06. The van der Waals surface area contributed by atoms with Gasteiger partial charge in [-0.1, -0.05) is 13.8 Å². The number of nitrogens with zero attached hydrogens (tertiary/aromatic N) is 2. The van der Waals surface area contributed by atoms with Gasteiger partial charge < -0.3 is 10.1 Å². The van der Waals surface area contributed by atoms with Gasteiger partial charge in [0.15, 0.2) is 0 Å². The molecule has 4 heteroatoms. The van der Waals surface area contributed by atoms with Gasteiger partial charge in [-0.05, 0) is 50.6 Å². The van der Waals surface area contributed by atoms with E-state index in [4.69, 9.17) is 4.74 Å². The first-order valence-electron chi connectivity index (χ1n) is 8.08. The van der Waals surface area contributed by atoms with Crippen LogP contribution in [0, 0.1) is 5.92 Å². The molecule has 20 heavy (non-hydrogen) atoms. The second-order valence-corrected chi connectivity index (χ2v) is 5.84. The Hall–Kier alpha value is -0.870. The molecule has 0 spiro atoms. The van der Waals surface area contributed by atoms with Gasteiger partial charge in [0.1, 0.15) is 0 Å². The number of ether oxygens (including phenoxy) is 1. The van der Waals surface area contributed by atoms with Crippen molar-refractivity contribution in [3.05, 3.63) is 17.5 Å². The zero-order chi connectivity index (χ0) is 14.4. The van der Waals surface area contributed by atoms with Crippen LogP contribution >= 0.6 is 0 Å². The largest absolute Gasteiger partial charge is 0.381 e.